The molecule has 1 N–H and O–H groups in total. The molecule has 1 amide bonds. The number of methoxy groups -OCH3 is 1. The van der Waals surface area contributed by atoms with Crippen LogP contribution in [-0.4, -0.2) is 45.4 Å². The van der Waals surface area contributed by atoms with Crippen molar-refractivity contribution in [2.75, 3.05) is 20.2 Å². The molecule has 0 unspecified atom stereocenters. The average molecular weight is 409 g/mol. The zero-order valence-electron chi connectivity index (χ0n) is 14.8. The molecule has 0 aliphatic carbocycles. The van der Waals surface area contributed by atoms with Gasteiger partial charge >= 0.3 is 5.97 Å². The van der Waals surface area contributed by atoms with Gasteiger partial charge in [-0.1, -0.05) is 6.07 Å². The van der Waals surface area contributed by atoms with E-state index in [1.807, 2.05) is 11.4 Å². The molecule has 0 bridgehead atoms. The van der Waals surface area contributed by atoms with Gasteiger partial charge in [-0.15, -0.1) is 11.3 Å². The topological polar surface area (TPSA) is 92.8 Å². The largest absolute Gasteiger partial charge is 0.465 e. The van der Waals surface area contributed by atoms with Crippen molar-refractivity contribution in [3.63, 3.8) is 0 Å². The highest BCUT2D eigenvalue weighted by atomic mass is 32.2. The number of ether oxygens (including phenoxy) is 1. The summed E-state index contributed by atoms with van der Waals surface area (Å²) in [5, 5.41) is 2.02. The number of rotatable bonds is 6. The lowest BCUT2D eigenvalue weighted by Gasteiger charge is -2.27. The van der Waals surface area contributed by atoms with Crippen LogP contribution in [0.25, 0.3) is 0 Å². The first-order chi connectivity index (χ1) is 12.9. The zero-order chi connectivity index (χ0) is 19.4. The van der Waals surface area contributed by atoms with E-state index < -0.39 is 16.0 Å². The molecule has 1 aromatic carbocycles. The van der Waals surface area contributed by atoms with Gasteiger partial charge in [0.25, 0.3) is 0 Å². The molecular formula is C18H20N2O5S2. The zero-order valence-corrected chi connectivity index (χ0v) is 16.4. The summed E-state index contributed by atoms with van der Waals surface area (Å²) in [5.41, 5.74) is 1.32. The first kappa shape index (κ1) is 19.5. The number of thiophene rings is 1. The predicted octanol–water partition coefficient (Wildman–Crippen LogP) is 1.79. The minimum absolute atomic E-state index is 0.00336. The predicted molar refractivity (Wildman–Crippen MR) is 101 cm³/mol. The summed E-state index contributed by atoms with van der Waals surface area (Å²) in [7, 11) is -2.59. The Labute approximate surface area is 162 Å². The van der Waals surface area contributed by atoms with Crippen LogP contribution in [0.3, 0.4) is 0 Å². The minimum Gasteiger partial charge on any atom is -0.465 e. The van der Waals surface area contributed by atoms with Gasteiger partial charge in [0.2, 0.25) is 15.9 Å². The van der Waals surface area contributed by atoms with E-state index in [1.54, 1.807) is 16.2 Å². The molecule has 144 valence electrons. The van der Waals surface area contributed by atoms with Crippen molar-refractivity contribution in [2.45, 2.75) is 24.3 Å². The number of hydrogen-bond acceptors (Lipinski definition) is 6. The number of esters is 1. The summed E-state index contributed by atoms with van der Waals surface area (Å²) in [6.45, 7) is 1.22. The third-order valence-electron chi connectivity index (χ3n) is 4.36. The molecule has 2 aromatic rings. The van der Waals surface area contributed by atoms with Crippen molar-refractivity contribution < 1.29 is 22.7 Å². The van der Waals surface area contributed by atoms with Crippen molar-refractivity contribution >= 4 is 33.2 Å². The van der Waals surface area contributed by atoms with Crippen molar-refractivity contribution in [1.82, 2.24) is 9.62 Å². The molecule has 0 fully saturated rings. The summed E-state index contributed by atoms with van der Waals surface area (Å²) in [5.74, 6) is -0.696. The maximum atomic E-state index is 12.4. The summed E-state index contributed by atoms with van der Waals surface area (Å²) in [4.78, 5) is 26.9. The van der Waals surface area contributed by atoms with Crippen molar-refractivity contribution in [1.29, 1.82) is 0 Å². The van der Waals surface area contributed by atoms with Crippen LogP contribution in [0.15, 0.2) is 40.6 Å². The molecular weight excluding hydrogens is 388 g/mol. The maximum Gasteiger partial charge on any atom is 0.337 e. The number of amides is 1. The van der Waals surface area contributed by atoms with Crippen LogP contribution in [0.5, 0.6) is 0 Å². The van der Waals surface area contributed by atoms with Crippen LogP contribution in [0, 0.1) is 0 Å². The standard InChI is InChI=1S/C18H20N2O5S2/c1-25-18(22)13-3-2-4-15(11-13)27(23,24)19-8-5-17(21)20-9-6-16-14(12-20)7-10-26-16/h2-4,7,10-11,19H,5-6,8-9,12H2,1H3. The van der Waals surface area contributed by atoms with Gasteiger partial charge < -0.3 is 9.64 Å². The second-order valence-electron chi connectivity index (χ2n) is 6.10. The number of fused-ring (bicyclic) bond motifs is 1. The molecule has 0 radical (unpaired) electrons. The SMILES string of the molecule is COC(=O)c1cccc(S(=O)(=O)NCCC(=O)N2CCc3sccc3C2)c1. The first-order valence-corrected chi connectivity index (χ1v) is 10.8. The van der Waals surface area contributed by atoms with Crippen LogP contribution in [0.4, 0.5) is 0 Å². The van der Waals surface area contributed by atoms with Gasteiger partial charge in [0.1, 0.15) is 0 Å². The highest BCUT2D eigenvalue weighted by Gasteiger charge is 2.22. The smallest absolute Gasteiger partial charge is 0.337 e. The van der Waals surface area contributed by atoms with Gasteiger partial charge in [-0.25, -0.2) is 17.9 Å². The van der Waals surface area contributed by atoms with E-state index >= 15 is 0 Å². The number of carbonyl (C=O) groups is 2. The highest BCUT2D eigenvalue weighted by Crippen LogP contribution is 2.24. The maximum absolute atomic E-state index is 12.4. The number of benzene rings is 1. The molecule has 0 spiro atoms. The van der Waals surface area contributed by atoms with Gasteiger partial charge in [-0.2, -0.15) is 0 Å². The number of hydrogen-bond donors (Lipinski definition) is 1. The Morgan fingerprint density at radius 3 is 2.89 bits per heavy atom. The Morgan fingerprint density at radius 1 is 1.30 bits per heavy atom. The molecule has 7 nitrogen and oxygen atoms in total. The Morgan fingerprint density at radius 2 is 2.11 bits per heavy atom. The van der Waals surface area contributed by atoms with Gasteiger partial charge in [0.15, 0.2) is 0 Å². The molecule has 9 heteroatoms. The second kappa shape index (κ2) is 8.20. The van der Waals surface area contributed by atoms with E-state index in [-0.39, 0.29) is 29.3 Å². The number of nitrogens with one attached hydrogen (secondary N) is 1. The summed E-state index contributed by atoms with van der Waals surface area (Å²) in [6.07, 6.45) is 0.917. The number of carbonyl (C=O) groups excluding carboxylic acids is 2. The Hall–Kier alpha value is -2.23. The van der Waals surface area contributed by atoms with Crippen LogP contribution >= 0.6 is 11.3 Å². The lowest BCUT2D eigenvalue weighted by Crippen LogP contribution is -2.37. The fourth-order valence-electron chi connectivity index (χ4n) is 2.90. The first-order valence-electron chi connectivity index (χ1n) is 8.42. The summed E-state index contributed by atoms with van der Waals surface area (Å²) < 4.78 is 31.8. The molecule has 1 aliphatic rings. The van der Waals surface area contributed by atoms with Crippen LogP contribution in [-0.2, 0) is 32.5 Å². The molecule has 0 saturated carbocycles. The average Bonchev–Trinajstić information content (AvgIpc) is 3.15. The lowest BCUT2D eigenvalue weighted by atomic mass is 10.1. The summed E-state index contributed by atoms with van der Waals surface area (Å²) in [6, 6.07) is 7.61. The Bertz CT molecular complexity index is 952. The van der Waals surface area contributed by atoms with Crippen molar-refractivity contribution in [3.05, 3.63) is 51.7 Å². The molecule has 0 atom stereocenters. The third-order valence-corrected chi connectivity index (χ3v) is 6.84. The molecule has 3 rings (SSSR count). The molecule has 1 aromatic heterocycles. The van der Waals surface area contributed by atoms with Crippen LogP contribution < -0.4 is 4.72 Å². The van der Waals surface area contributed by atoms with Gasteiger partial charge in [0.05, 0.1) is 17.6 Å². The monoisotopic (exact) mass is 408 g/mol. The normalized spacial score (nSPS) is 13.9. The second-order valence-corrected chi connectivity index (χ2v) is 8.87. The fraction of sp³-hybridized carbons (Fsp3) is 0.333. The highest BCUT2D eigenvalue weighted by molar-refractivity contribution is 7.89. The fourth-order valence-corrected chi connectivity index (χ4v) is 4.87. The van der Waals surface area contributed by atoms with Crippen molar-refractivity contribution in [3.8, 4) is 0 Å². The number of nitrogens with zero attached hydrogens (tertiary/aromatic N) is 1. The van der Waals surface area contributed by atoms with E-state index in [0.717, 1.165) is 6.42 Å². The minimum atomic E-state index is -3.82. The number of sulfonamides is 1. The lowest BCUT2D eigenvalue weighted by molar-refractivity contribution is -0.131. The molecule has 2 heterocycles. The third kappa shape index (κ3) is 4.55. The van der Waals surface area contributed by atoms with E-state index in [1.165, 1.54) is 41.8 Å². The van der Waals surface area contributed by atoms with E-state index in [4.69, 9.17) is 0 Å². The van der Waals surface area contributed by atoms with Gasteiger partial charge in [0, 0.05) is 30.9 Å². The molecule has 1 aliphatic heterocycles. The van der Waals surface area contributed by atoms with E-state index in [9.17, 15) is 18.0 Å². The van der Waals surface area contributed by atoms with E-state index in [2.05, 4.69) is 9.46 Å². The van der Waals surface area contributed by atoms with Crippen LogP contribution in [0.2, 0.25) is 0 Å². The quantitative estimate of drug-likeness (QED) is 0.736. The Balaban J connectivity index is 1.56. The molecule has 27 heavy (non-hydrogen) atoms. The molecule has 0 saturated heterocycles. The van der Waals surface area contributed by atoms with Crippen molar-refractivity contribution in [2.24, 2.45) is 0 Å². The Kier molecular flexibility index (Phi) is 5.93. The van der Waals surface area contributed by atoms with Gasteiger partial charge in [-0.05, 0) is 41.6 Å². The van der Waals surface area contributed by atoms with E-state index in [0.29, 0.717) is 13.1 Å². The summed E-state index contributed by atoms with van der Waals surface area (Å²) >= 11 is 1.70. The van der Waals surface area contributed by atoms with Crippen LogP contribution in [0.1, 0.15) is 27.2 Å². The van der Waals surface area contributed by atoms with Gasteiger partial charge in [-0.3, -0.25) is 4.79 Å².